The van der Waals surface area contributed by atoms with E-state index in [1.807, 2.05) is 0 Å². The van der Waals surface area contributed by atoms with E-state index in [0.29, 0.717) is 19.0 Å². The number of benzene rings is 1. The Balaban J connectivity index is 1.68. The maximum absolute atomic E-state index is 13.3. The van der Waals surface area contributed by atoms with Crippen molar-refractivity contribution in [3.05, 3.63) is 29.8 Å². The molecule has 3 rings (SSSR count). The van der Waals surface area contributed by atoms with Gasteiger partial charge in [0.1, 0.15) is 0 Å². The van der Waals surface area contributed by atoms with Gasteiger partial charge < -0.3 is 9.64 Å². The summed E-state index contributed by atoms with van der Waals surface area (Å²) in [6.45, 7) is 3.26. The first-order valence-corrected chi connectivity index (χ1v) is 11.5. The Morgan fingerprint density at radius 1 is 1.10 bits per heavy atom. The third-order valence-electron chi connectivity index (χ3n) is 6.12. The van der Waals surface area contributed by atoms with Gasteiger partial charge in [-0.2, -0.15) is 17.5 Å². The number of alkyl halides is 3. The van der Waals surface area contributed by atoms with Crippen molar-refractivity contribution in [1.82, 2.24) is 9.21 Å². The van der Waals surface area contributed by atoms with Crippen LogP contribution in [0.3, 0.4) is 0 Å². The summed E-state index contributed by atoms with van der Waals surface area (Å²) in [7, 11) is -2.68. The SMILES string of the molecule is CO[C@H]1CN(C(=O)C2CCN(S(=O)(=O)c3ccccc3C(F)(F)F)CC2)CC[C@H]1C. The number of nitrogens with zero attached hydrogens (tertiary/aromatic N) is 2. The van der Waals surface area contributed by atoms with E-state index in [2.05, 4.69) is 6.92 Å². The van der Waals surface area contributed by atoms with Crippen molar-refractivity contribution < 1.29 is 31.1 Å². The van der Waals surface area contributed by atoms with Crippen LogP contribution in [-0.4, -0.2) is 62.9 Å². The van der Waals surface area contributed by atoms with Crippen LogP contribution in [0.1, 0.15) is 31.7 Å². The molecule has 10 heteroatoms. The van der Waals surface area contributed by atoms with E-state index in [-0.39, 0.29) is 43.9 Å². The molecule has 168 valence electrons. The molecular weight excluding hydrogens is 421 g/mol. The molecule has 2 fully saturated rings. The van der Waals surface area contributed by atoms with Crippen LogP contribution in [0.15, 0.2) is 29.2 Å². The van der Waals surface area contributed by atoms with Gasteiger partial charge in [0, 0.05) is 39.2 Å². The van der Waals surface area contributed by atoms with E-state index in [9.17, 15) is 26.4 Å². The quantitative estimate of drug-likeness (QED) is 0.710. The van der Waals surface area contributed by atoms with Gasteiger partial charge in [-0.25, -0.2) is 8.42 Å². The topological polar surface area (TPSA) is 66.9 Å². The lowest BCUT2D eigenvalue weighted by Crippen LogP contribution is -2.50. The number of carbonyl (C=O) groups is 1. The highest BCUT2D eigenvalue weighted by molar-refractivity contribution is 7.89. The van der Waals surface area contributed by atoms with Gasteiger partial charge in [0.05, 0.1) is 16.6 Å². The Kier molecular flexibility index (Phi) is 6.78. The third kappa shape index (κ3) is 4.65. The fraction of sp³-hybridized carbons (Fsp3) is 0.650. The molecule has 0 N–H and O–H groups in total. The molecule has 0 bridgehead atoms. The Hall–Kier alpha value is -1.65. The molecule has 2 heterocycles. The van der Waals surface area contributed by atoms with Crippen molar-refractivity contribution in [2.45, 2.75) is 43.4 Å². The van der Waals surface area contributed by atoms with Gasteiger partial charge in [0.15, 0.2) is 0 Å². The molecule has 1 amide bonds. The summed E-state index contributed by atoms with van der Waals surface area (Å²) in [5.74, 6) is -0.00310. The molecule has 2 saturated heterocycles. The minimum atomic E-state index is -4.76. The highest BCUT2D eigenvalue weighted by Crippen LogP contribution is 2.36. The van der Waals surface area contributed by atoms with E-state index < -0.39 is 26.7 Å². The summed E-state index contributed by atoms with van der Waals surface area (Å²) < 4.78 is 72.0. The Morgan fingerprint density at radius 2 is 1.73 bits per heavy atom. The van der Waals surface area contributed by atoms with Crippen molar-refractivity contribution in [2.75, 3.05) is 33.3 Å². The number of piperidine rings is 2. The van der Waals surface area contributed by atoms with E-state index in [1.165, 1.54) is 12.1 Å². The number of carbonyl (C=O) groups excluding carboxylic acids is 1. The van der Waals surface area contributed by atoms with Gasteiger partial charge in [-0.15, -0.1) is 0 Å². The van der Waals surface area contributed by atoms with Gasteiger partial charge >= 0.3 is 6.18 Å². The summed E-state index contributed by atoms with van der Waals surface area (Å²) in [4.78, 5) is 13.9. The van der Waals surface area contributed by atoms with Crippen LogP contribution >= 0.6 is 0 Å². The summed E-state index contributed by atoms with van der Waals surface area (Å²) in [5.41, 5.74) is -1.17. The van der Waals surface area contributed by atoms with Crippen molar-refractivity contribution in [2.24, 2.45) is 11.8 Å². The third-order valence-corrected chi connectivity index (χ3v) is 8.07. The van der Waals surface area contributed by atoms with Crippen LogP contribution in [0.5, 0.6) is 0 Å². The lowest BCUT2D eigenvalue weighted by atomic mass is 9.92. The van der Waals surface area contributed by atoms with Crippen LogP contribution < -0.4 is 0 Å². The lowest BCUT2D eigenvalue weighted by molar-refractivity contribution is -0.141. The number of hydrogen-bond acceptors (Lipinski definition) is 4. The molecule has 2 aliphatic rings. The maximum atomic E-state index is 13.3. The zero-order valence-electron chi connectivity index (χ0n) is 17.1. The predicted molar refractivity (Wildman–Crippen MR) is 104 cm³/mol. The normalized spacial score (nSPS) is 24.8. The molecule has 6 nitrogen and oxygen atoms in total. The molecule has 0 saturated carbocycles. The first-order valence-electron chi connectivity index (χ1n) is 10.0. The number of likely N-dealkylation sites (tertiary alicyclic amines) is 1. The average Bonchev–Trinajstić information content (AvgIpc) is 2.73. The number of ether oxygens (including phenoxy) is 1. The van der Waals surface area contributed by atoms with Crippen LogP contribution in [0.25, 0.3) is 0 Å². The molecule has 0 radical (unpaired) electrons. The lowest BCUT2D eigenvalue weighted by Gasteiger charge is -2.39. The number of sulfonamides is 1. The Bertz CT molecular complexity index is 867. The average molecular weight is 449 g/mol. The molecule has 1 aromatic rings. The Morgan fingerprint density at radius 3 is 2.33 bits per heavy atom. The van der Waals surface area contributed by atoms with E-state index in [4.69, 9.17) is 4.74 Å². The highest BCUT2D eigenvalue weighted by atomic mass is 32.2. The predicted octanol–water partition coefficient (Wildman–Crippen LogP) is 2.99. The maximum Gasteiger partial charge on any atom is 0.417 e. The zero-order chi connectivity index (χ0) is 22.1. The molecule has 2 atom stereocenters. The fourth-order valence-corrected chi connectivity index (χ4v) is 5.89. The summed E-state index contributed by atoms with van der Waals surface area (Å²) in [6.07, 6.45) is -3.37. The largest absolute Gasteiger partial charge is 0.417 e. The molecular formula is C20H27F3N2O4S. The van der Waals surface area contributed by atoms with Gasteiger partial charge in [-0.1, -0.05) is 19.1 Å². The van der Waals surface area contributed by atoms with Gasteiger partial charge in [0.25, 0.3) is 0 Å². The number of rotatable bonds is 4. The first-order chi connectivity index (χ1) is 14.1. The van der Waals surface area contributed by atoms with Crippen LogP contribution in [0, 0.1) is 11.8 Å². The number of methoxy groups -OCH3 is 1. The zero-order valence-corrected chi connectivity index (χ0v) is 17.9. The van der Waals surface area contributed by atoms with Crippen molar-refractivity contribution in [3.8, 4) is 0 Å². The molecule has 0 aliphatic carbocycles. The van der Waals surface area contributed by atoms with Crippen molar-refractivity contribution >= 4 is 15.9 Å². The minimum absolute atomic E-state index is 0.0167. The first kappa shape index (κ1) is 23.0. The second-order valence-corrected chi connectivity index (χ2v) is 9.90. The second kappa shape index (κ2) is 8.84. The fourth-order valence-electron chi connectivity index (χ4n) is 4.21. The standard InChI is InChI=1S/C20H27F3N2O4S/c1-14-7-10-24(13-17(14)29-2)19(26)15-8-11-25(12-9-15)30(27,28)18-6-4-3-5-16(18)20(21,22)23/h3-6,14-15,17H,7-13H2,1-2H3/t14-,17+/m1/s1. The van der Waals surface area contributed by atoms with E-state index in [0.717, 1.165) is 22.9 Å². The second-order valence-electron chi connectivity index (χ2n) is 8.00. The minimum Gasteiger partial charge on any atom is -0.379 e. The summed E-state index contributed by atoms with van der Waals surface area (Å²) in [6, 6.07) is 4.20. The smallest absolute Gasteiger partial charge is 0.379 e. The number of hydrogen-bond donors (Lipinski definition) is 0. The van der Waals surface area contributed by atoms with Crippen LogP contribution in [-0.2, 0) is 25.7 Å². The number of amides is 1. The van der Waals surface area contributed by atoms with E-state index >= 15 is 0 Å². The molecule has 0 spiro atoms. The van der Waals surface area contributed by atoms with Crippen molar-refractivity contribution in [1.29, 1.82) is 0 Å². The summed E-state index contributed by atoms with van der Waals surface area (Å²) >= 11 is 0. The van der Waals surface area contributed by atoms with Crippen LogP contribution in [0.2, 0.25) is 0 Å². The molecule has 0 aromatic heterocycles. The molecule has 2 aliphatic heterocycles. The van der Waals surface area contributed by atoms with Gasteiger partial charge in [0.2, 0.25) is 15.9 Å². The monoisotopic (exact) mass is 448 g/mol. The highest BCUT2D eigenvalue weighted by Gasteiger charge is 2.41. The van der Waals surface area contributed by atoms with Gasteiger partial charge in [-0.3, -0.25) is 4.79 Å². The van der Waals surface area contributed by atoms with E-state index in [1.54, 1.807) is 12.0 Å². The summed E-state index contributed by atoms with van der Waals surface area (Å²) in [5, 5.41) is 0. The van der Waals surface area contributed by atoms with Crippen LogP contribution in [0.4, 0.5) is 13.2 Å². The number of halogens is 3. The molecule has 0 unspecified atom stereocenters. The van der Waals surface area contributed by atoms with Crippen molar-refractivity contribution in [3.63, 3.8) is 0 Å². The molecule has 30 heavy (non-hydrogen) atoms. The Labute approximate surface area is 175 Å². The molecule has 1 aromatic carbocycles. The van der Waals surface area contributed by atoms with Gasteiger partial charge in [-0.05, 0) is 37.3 Å².